The minimum absolute atomic E-state index is 0.185. The van der Waals surface area contributed by atoms with E-state index in [0.29, 0.717) is 0 Å². The van der Waals surface area contributed by atoms with Gasteiger partial charge in [-0.15, -0.1) is 0 Å². The second kappa shape index (κ2) is 4.97. The van der Waals surface area contributed by atoms with Gasteiger partial charge >= 0.3 is 12.1 Å². The third-order valence-corrected chi connectivity index (χ3v) is 2.61. The molecule has 0 aliphatic rings. The maximum absolute atomic E-state index is 12.5. The molecule has 1 aromatic carbocycles. The molecule has 0 heterocycles. The molecule has 18 heavy (non-hydrogen) atoms. The average molecular weight is 261 g/mol. The van der Waals surface area contributed by atoms with Gasteiger partial charge in [-0.3, -0.25) is 4.79 Å². The lowest BCUT2D eigenvalue weighted by atomic mass is 9.84. The summed E-state index contributed by atoms with van der Waals surface area (Å²) in [6.07, 6.45) is -4.65. The molecule has 0 fully saturated rings. The summed E-state index contributed by atoms with van der Waals surface area (Å²) in [7, 11) is 0. The summed E-state index contributed by atoms with van der Waals surface area (Å²) in [5.74, 6) is -0.830. The lowest BCUT2D eigenvalue weighted by molar-refractivity contribution is -0.183. The van der Waals surface area contributed by atoms with E-state index in [-0.39, 0.29) is 5.75 Å². The lowest BCUT2D eigenvalue weighted by Crippen LogP contribution is -2.53. The van der Waals surface area contributed by atoms with Crippen molar-refractivity contribution < 1.29 is 22.7 Å². The van der Waals surface area contributed by atoms with E-state index in [9.17, 15) is 18.0 Å². The van der Waals surface area contributed by atoms with Gasteiger partial charge in [-0.2, -0.15) is 13.2 Å². The number of rotatable bonds is 3. The highest BCUT2D eigenvalue weighted by atomic mass is 19.4. The molecule has 6 heteroatoms. The average Bonchev–Trinajstić information content (AvgIpc) is 2.28. The Bertz CT molecular complexity index is 415. The molecule has 1 aromatic rings. The van der Waals surface area contributed by atoms with Crippen LogP contribution in [0.2, 0.25) is 0 Å². The third kappa shape index (κ3) is 3.22. The van der Waals surface area contributed by atoms with Crippen LogP contribution < -0.4 is 10.5 Å². The second-order valence-corrected chi connectivity index (χ2v) is 4.44. The number of halogens is 3. The fourth-order valence-electron chi connectivity index (χ4n) is 1.26. The Morgan fingerprint density at radius 1 is 1.22 bits per heavy atom. The number of carbonyl (C=O) groups is 1. The molecular weight excluding hydrogens is 247 g/mol. The minimum atomic E-state index is -4.65. The van der Waals surface area contributed by atoms with Crippen LogP contribution in [0, 0.1) is 5.41 Å². The summed E-state index contributed by atoms with van der Waals surface area (Å²) < 4.78 is 42.4. The number of alkyl halides is 3. The Morgan fingerprint density at radius 2 is 1.72 bits per heavy atom. The van der Waals surface area contributed by atoms with Crippen LogP contribution in [0.25, 0.3) is 0 Å². The largest absolute Gasteiger partial charge is 0.426 e. The van der Waals surface area contributed by atoms with E-state index >= 15 is 0 Å². The van der Waals surface area contributed by atoms with Crippen LogP contribution in [0.15, 0.2) is 30.3 Å². The molecule has 0 aromatic heterocycles. The molecule has 1 atom stereocenters. The molecule has 0 bridgehead atoms. The number of benzene rings is 1. The first kappa shape index (κ1) is 14.5. The van der Waals surface area contributed by atoms with Gasteiger partial charge in [-0.05, 0) is 26.0 Å². The Morgan fingerprint density at radius 3 is 2.17 bits per heavy atom. The minimum Gasteiger partial charge on any atom is -0.426 e. The molecule has 1 rings (SSSR count). The fourth-order valence-corrected chi connectivity index (χ4v) is 1.26. The van der Waals surface area contributed by atoms with Crippen LogP contribution in [0.4, 0.5) is 13.2 Å². The van der Waals surface area contributed by atoms with Crippen molar-refractivity contribution in [2.24, 2.45) is 11.1 Å². The Kier molecular flexibility index (Phi) is 4.01. The van der Waals surface area contributed by atoms with E-state index < -0.39 is 23.6 Å². The molecule has 0 saturated carbocycles. The molecule has 0 spiro atoms. The zero-order chi connectivity index (χ0) is 14.0. The SMILES string of the molecule is CC(C)(C(=O)Oc1ccccc1)[C@@H](N)C(F)(F)F. The van der Waals surface area contributed by atoms with Crippen LogP contribution in [-0.2, 0) is 4.79 Å². The monoisotopic (exact) mass is 261 g/mol. The third-order valence-electron chi connectivity index (χ3n) is 2.61. The molecule has 100 valence electrons. The van der Waals surface area contributed by atoms with Crippen LogP contribution in [0.3, 0.4) is 0 Å². The van der Waals surface area contributed by atoms with Crippen molar-refractivity contribution in [3.63, 3.8) is 0 Å². The van der Waals surface area contributed by atoms with E-state index in [2.05, 4.69) is 0 Å². The topological polar surface area (TPSA) is 52.3 Å². The van der Waals surface area contributed by atoms with Gasteiger partial charge in [0.2, 0.25) is 0 Å². The Hall–Kier alpha value is -1.56. The maximum atomic E-state index is 12.5. The van der Waals surface area contributed by atoms with Crippen molar-refractivity contribution >= 4 is 5.97 Å². The van der Waals surface area contributed by atoms with Crippen molar-refractivity contribution in [2.45, 2.75) is 26.1 Å². The summed E-state index contributed by atoms with van der Waals surface area (Å²) in [4.78, 5) is 11.7. The van der Waals surface area contributed by atoms with Crippen molar-refractivity contribution in [2.75, 3.05) is 0 Å². The molecule has 0 unspecified atom stereocenters. The summed E-state index contributed by atoms with van der Waals surface area (Å²) in [5.41, 5.74) is 3.20. The number of hydrogen-bond donors (Lipinski definition) is 1. The summed E-state index contributed by atoms with van der Waals surface area (Å²) >= 11 is 0. The zero-order valence-corrected chi connectivity index (χ0v) is 9.99. The van der Waals surface area contributed by atoms with E-state index in [1.54, 1.807) is 18.2 Å². The van der Waals surface area contributed by atoms with Crippen LogP contribution in [0.5, 0.6) is 5.75 Å². The fraction of sp³-hybridized carbons (Fsp3) is 0.417. The van der Waals surface area contributed by atoms with Gasteiger partial charge in [0.15, 0.2) is 0 Å². The van der Waals surface area contributed by atoms with E-state index in [1.807, 2.05) is 0 Å². The summed E-state index contributed by atoms with van der Waals surface area (Å²) in [6.45, 7) is 2.22. The zero-order valence-electron chi connectivity index (χ0n) is 9.99. The molecule has 3 nitrogen and oxygen atoms in total. The normalized spacial score (nSPS) is 14.1. The first-order chi connectivity index (χ1) is 8.15. The first-order valence-corrected chi connectivity index (χ1v) is 5.25. The molecule has 2 N–H and O–H groups in total. The van der Waals surface area contributed by atoms with Crippen LogP contribution >= 0.6 is 0 Å². The Balaban J connectivity index is 2.83. The van der Waals surface area contributed by atoms with E-state index in [1.165, 1.54) is 12.1 Å². The van der Waals surface area contributed by atoms with Crippen molar-refractivity contribution in [1.82, 2.24) is 0 Å². The molecule has 0 radical (unpaired) electrons. The van der Waals surface area contributed by atoms with Crippen molar-refractivity contribution in [1.29, 1.82) is 0 Å². The maximum Gasteiger partial charge on any atom is 0.404 e. The lowest BCUT2D eigenvalue weighted by Gasteiger charge is -2.30. The first-order valence-electron chi connectivity index (χ1n) is 5.25. The van der Waals surface area contributed by atoms with Crippen LogP contribution in [0.1, 0.15) is 13.8 Å². The molecule has 0 amide bonds. The van der Waals surface area contributed by atoms with Gasteiger partial charge in [0, 0.05) is 0 Å². The van der Waals surface area contributed by atoms with Gasteiger partial charge in [-0.1, -0.05) is 18.2 Å². The highest BCUT2D eigenvalue weighted by molar-refractivity contribution is 5.79. The van der Waals surface area contributed by atoms with E-state index in [0.717, 1.165) is 13.8 Å². The predicted molar refractivity (Wildman–Crippen MR) is 59.9 cm³/mol. The highest BCUT2D eigenvalue weighted by Crippen LogP contribution is 2.33. The van der Waals surface area contributed by atoms with Gasteiger partial charge in [0.05, 0.1) is 5.41 Å². The molecule has 0 saturated heterocycles. The second-order valence-electron chi connectivity index (χ2n) is 4.44. The molecule has 0 aliphatic carbocycles. The molecule has 0 aliphatic heterocycles. The number of carbonyl (C=O) groups excluding carboxylic acids is 1. The predicted octanol–water partition coefficient (Wildman–Crippen LogP) is 2.51. The van der Waals surface area contributed by atoms with E-state index in [4.69, 9.17) is 10.5 Å². The van der Waals surface area contributed by atoms with Crippen molar-refractivity contribution in [3.05, 3.63) is 30.3 Å². The Labute approximate surface area is 103 Å². The van der Waals surface area contributed by atoms with Crippen molar-refractivity contribution in [3.8, 4) is 5.75 Å². The number of hydrogen-bond acceptors (Lipinski definition) is 3. The highest BCUT2D eigenvalue weighted by Gasteiger charge is 2.51. The van der Waals surface area contributed by atoms with Crippen LogP contribution in [-0.4, -0.2) is 18.2 Å². The van der Waals surface area contributed by atoms with Gasteiger partial charge in [0.1, 0.15) is 11.8 Å². The number of esters is 1. The quantitative estimate of drug-likeness (QED) is 0.672. The number of ether oxygens (including phenoxy) is 1. The van der Waals surface area contributed by atoms with Gasteiger partial charge in [0.25, 0.3) is 0 Å². The summed E-state index contributed by atoms with van der Waals surface area (Å²) in [6, 6.07) is 5.60. The number of nitrogens with two attached hydrogens (primary N) is 1. The van der Waals surface area contributed by atoms with Gasteiger partial charge in [-0.25, -0.2) is 0 Å². The summed E-state index contributed by atoms with van der Waals surface area (Å²) in [5, 5.41) is 0. The van der Waals surface area contributed by atoms with Gasteiger partial charge < -0.3 is 10.5 Å². The molecular formula is C12H14F3NO2. The standard InChI is InChI=1S/C12H14F3NO2/c1-11(2,9(16)12(13,14)15)10(17)18-8-6-4-3-5-7-8/h3-7,9H,16H2,1-2H3/t9-/m1/s1. The number of para-hydroxylation sites is 1. The smallest absolute Gasteiger partial charge is 0.404 e.